The van der Waals surface area contributed by atoms with Gasteiger partial charge in [-0.2, -0.15) is 0 Å². The van der Waals surface area contributed by atoms with Crippen LogP contribution in [0.15, 0.2) is 30.3 Å². The average molecular weight is 204 g/mol. The summed E-state index contributed by atoms with van der Waals surface area (Å²) in [6, 6.07) is 9.65. The fourth-order valence-electron chi connectivity index (χ4n) is 2.49. The molecule has 15 heavy (non-hydrogen) atoms. The van der Waals surface area contributed by atoms with E-state index in [1.165, 1.54) is 0 Å². The quantitative estimate of drug-likeness (QED) is 0.818. The standard InChI is InChI=1S/C13H16O2/c1-2-13(12(14)15,11-8-9-11)10-6-4-3-5-7-10/h3-7,11H,2,8-9H2,1H3,(H,14,15). The third-order valence-corrected chi connectivity index (χ3v) is 3.50. The van der Waals surface area contributed by atoms with E-state index in [1.807, 2.05) is 37.3 Å². The number of benzene rings is 1. The van der Waals surface area contributed by atoms with Crippen LogP contribution in [0, 0.1) is 5.92 Å². The molecule has 80 valence electrons. The van der Waals surface area contributed by atoms with Crippen LogP contribution in [0.1, 0.15) is 31.7 Å². The van der Waals surface area contributed by atoms with Crippen LogP contribution >= 0.6 is 0 Å². The van der Waals surface area contributed by atoms with Gasteiger partial charge in [0.2, 0.25) is 0 Å². The fraction of sp³-hybridized carbons (Fsp3) is 0.462. The van der Waals surface area contributed by atoms with Crippen LogP contribution < -0.4 is 0 Å². The molecule has 2 rings (SSSR count). The second-order valence-electron chi connectivity index (χ2n) is 4.27. The lowest BCUT2D eigenvalue weighted by Crippen LogP contribution is -2.37. The molecule has 1 aliphatic carbocycles. The topological polar surface area (TPSA) is 37.3 Å². The molecule has 1 aromatic carbocycles. The van der Waals surface area contributed by atoms with Crippen LogP contribution in [-0.2, 0) is 10.2 Å². The largest absolute Gasteiger partial charge is 0.481 e. The number of carboxylic acid groups (broad SMARTS) is 1. The van der Waals surface area contributed by atoms with Gasteiger partial charge in [-0.1, -0.05) is 37.3 Å². The molecule has 0 spiro atoms. The maximum absolute atomic E-state index is 11.5. The van der Waals surface area contributed by atoms with Crippen molar-refractivity contribution in [2.24, 2.45) is 5.92 Å². The van der Waals surface area contributed by atoms with Crippen LogP contribution in [0.4, 0.5) is 0 Å². The van der Waals surface area contributed by atoms with Crippen molar-refractivity contribution in [1.82, 2.24) is 0 Å². The summed E-state index contributed by atoms with van der Waals surface area (Å²) < 4.78 is 0. The number of aliphatic carboxylic acids is 1. The predicted molar refractivity (Wildman–Crippen MR) is 58.8 cm³/mol. The molecule has 1 fully saturated rings. The van der Waals surface area contributed by atoms with Crippen molar-refractivity contribution in [3.8, 4) is 0 Å². The summed E-state index contributed by atoms with van der Waals surface area (Å²) in [6.45, 7) is 1.97. The molecule has 0 aromatic heterocycles. The van der Waals surface area contributed by atoms with Gasteiger partial charge in [0.15, 0.2) is 0 Å². The molecule has 0 saturated heterocycles. The van der Waals surface area contributed by atoms with Crippen molar-refractivity contribution in [3.63, 3.8) is 0 Å². The van der Waals surface area contributed by atoms with Gasteiger partial charge in [0, 0.05) is 0 Å². The highest BCUT2D eigenvalue weighted by Crippen LogP contribution is 2.49. The molecule has 1 aromatic rings. The van der Waals surface area contributed by atoms with Crippen molar-refractivity contribution >= 4 is 5.97 Å². The van der Waals surface area contributed by atoms with Crippen LogP contribution in [0.3, 0.4) is 0 Å². The van der Waals surface area contributed by atoms with E-state index in [2.05, 4.69) is 0 Å². The van der Waals surface area contributed by atoms with Crippen LogP contribution in [0.2, 0.25) is 0 Å². The van der Waals surface area contributed by atoms with E-state index in [-0.39, 0.29) is 0 Å². The first-order valence-corrected chi connectivity index (χ1v) is 5.50. The van der Waals surface area contributed by atoms with E-state index in [9.17, 15) is 9.90 Å². The Balaban J connectivity index is 2.45. The molecule has 0 radical (unpaired) electrons. The summed E-state index contributed by atoms with van der Waals surface area (Å²) >= 11 is 0. The Kier molecular flexibility index (Phi) is 2.51. The third-order valence-electron chi connectivity index (χ3n) is 3.50. The molecule has 0 aliphatic heterocycles. The minimum absolute atomic E-state index is 0.336. The number of hydrogen-bond acceptors (Lipinski definition) is 1. The number of rotatable bonds is 4. The van der Waals surface area contributed by atoms with Gasteiger partial charge in [-0.25, -0.2) is 0 Å². The van der Waals surface area contributed by atoms with E-state index in [4.69, 9.17) is 0 Å². The molecule has 1 unspecified atom stereocenters. The maximum atomic E-state index is 11.5. The van der Waals surface area contributed by atoms with Crippen molar-refractivity contribution in [3.05, 3.63) is 35.9 Å². The number of carboxylic acids is 1. The van der Waals surface area contributed by atoms with E-state index in [0.717, 1.165) is 18.4 Å². The van der Waals surface area contributed by atoms with Crippen molar-refractivity contribution in [2.45, 2.75) is 31.6 Å². The Bertz CT molecular complexity index is 354. The molecular formula is C13H16O2. The van der Waals surface area contributed by atoms with Gasteiger partial charge in [0.05, 0.1) is 5.41 Å². The summed E-state index contributed by atoms with van der Waals surface area (Å²) in [5, 5.41) is 9.49. The summed E-state index contributed by atoms with van der Waals surface area (Å²) in [7, 11) is 0. The predicted octanol–water partition coefficient (Wildman–Crippen LogP) is 2.83. The van der Waals surface area contributed by atoms with Crippen molar-refractivity contribution in [1.29, 1.82) is 0 Å². The van der Waals surface area contributed by atoms with E-state index in [1.54, 1.807) is 0 Å². The third kappa shape index (κ3) is 1.54. The highest BCUT2D eigenvalue weighted by molar-refractivity contribution is 5.82. The minimum Gasteiger partial charge on any atom is -0.481 e. The molecule has 0 amide bonds. The Morgan fingerprint density at radius 1 is 1.40 bits per heavy atom. The van der Waals surface area contributed by atoms with E-state index >= 15 is 0 Å². The molecule has 1 N–H and O–H groups in total. The molecule has 2 nitrogen and oxygen atoms in total. The van der Waals surface area contributed by atoms with Crippen molar-refractivity contribution < 1.29 is 9.90 Å². The van der Waals surface area contributed by atoms with Gasteiger partial charge in [0.1, 0.15) is 0 Å². The van der Waals surface area contributed by atoms with Crippen molar-refractivity contribution in [2.75, 3.05) is 0 Å². The molecule has 0 bridgehead atoms. The summed E-state index contributed by atoms with van der Waals surface area (Å²) in [5.41, 5.74) is 0.323. The number of hydrogen-bond donors (Lipinski definition) is 1. The van der Waals surface area contributed by atoms with Gasteiger partial charge in [0.25, 0.3) is 0 Å². The maximum Gasteiger partial charge on any atom is 0.314 e. The summed E-state index contributed by atoms with van der Waals surface area (Å²) in [5.74, 6) is -0.332. The smallest absolute Gasteiger partial charge is 0.314 e. The molecule has 1 aliphatic rings. The van der Waals surface area contributed by atoms with E-state index in [0.29, 0.717) is 12.3 Å². The van der Waals surface area contributed by atoms with Gasteiger partial charge in [-0.05, 0) is 30.7 Å². The SMILES string of the molecule is CCC(C(=O)O)(c1ccccc1)C1CC1. The molecule has 1 saturated carbocycles. The Morgan fingerprint density at radius 3 is 2.40 bits per heavy atom. The Hall–Kier alpha value is -1.31. The van der Waals surface area contributed by atoms with Gasteiger partial charge >= 0.3 is 5.97 Å². The summed E-state index contributed by atoms with van der Waals surface area (Å²) in [6.07, 6.45) is 2.78. The summed E-state index contributed by atoms with van der Waals surface area (Å²) in [4.78, 5) is 11.5. The second kappa shape index (κ2) is 3.69. The van der Waals surface area contributed by atoms with Crippen LogP contribution in [0.25, 0.3) is 0 Å². The first-order valence-electron chi connectivity index (χ1n) is 5.50. The zero-order valence-corrected chi connectivity index (χ0v) is 8.94. The molecule has 1 atom stereocenters. The zero-order valence-electron chi connectivity index (χ0n) is 8.94. The lowest BCUT2D eigenvalue weighted by Gasteiger charge is -2.28. The van der Waals surface area contributed by atoms with E-state index < -0.39 is 11.4 Å². The normalized spacial score (nSPS) is 19.5. The van der Waals surface area contributed by atoms with Gasteiger partial charge in [-0.15, -0.1) is 0 Å². The Labute approximate surface area is 89.9 Å². The first kappa shape index (κ1) is 10.2. The van der Waals surface area contributed by atoms with Gasteiger partial charge < -0.3 is 5.11 Å². The lowest BCUT2D eigenvalue weighted by molar-refractivity contribution is -0.145. The molecule has 2 heteroatoms. The molecule has 0 heterocycles. The van der Waals surface area contributed by atoms with Gasteiger partial charge in [-0.3, -0.25) is 4.79 Å². The monoisotopic (exact) mass is 204 g/mol. The minimum atomic E-state index is -0.668. The lowest BCUT2D eigenvalue weighted by atomic mass is 9.74. The Morgan fingerprint density at radius 2 is 2.00 bits per heavy atom. The average Bonchev–Trinajstić information content (AvgIpc) is 3.05. The van der Waals surface area contributed by atoms with Crippen LogP contribution in [-0.4, -0.2) is 11.1 Å². The number of carbonyl (C=O) groups is 1. The first-order chi connectivity index (χ1) is 7.21. The van der Waals surface area contributed by atoms with Crippen LogP contribution in [0.5, 0.6) is 0 Å². The molecular weight excluding hydrogens is 188 g/mol. The fourth-order valence-corrected chi connectivity index (χ4v) is 2.49. The highest BCUT2D eigenvalue weighted by Gasteiger charge is 2.50. The second-order valence-corrected chi connectivity index (χ2v) is 4.27. The highest BCUT2D eigenvalue weighted by atomic mass is 16.4. The zero-order chi connectivity index (χ0) is 10.9.